The molecule has 0 saturated heterocycles. The monoisotopic (exact) mass is 188 g/mol. The molecule has 2 aromatic rings. The van der Waals surface area contributed by atoms with Crippen molar-refractivity contribution in [2.45, 2.75) is 33.6 Å². The van der Waals surface area contributed by atoms with Gasteiger partial charge in [0.05, 0.1) is 11.2 Å². The van der Waals surface area contributed by atoms with E-state index >= 15 is 0 Å². The van der Waals surface area contributed by atoms with Gasteiger partial charge in [-0.05, 0) is 31.4 Å². The second kappa shape index (κ2) is 3.45. The third kappa shape index (κ3) is 1.22. The van der Waals surface area contributed by atoms with Crippen LogP contribution in [0, 0.1) is 6.92 Å². The van der Waals surface area contributed by atoms with Crippen molar-refractivity contribution in [1.82, 2.24) is 9.61 Å². The molecule has 2 rings (SSSR count). The van der Waals surface area contributed by atoms with Gasteiger partial charge in [-0.3, -0.25) is 0 Å². The van der Waals surface area contributed by atoms with Crippen LogP contribution in [0.4, 0.5) is 0 Å². The molecule has 0 spiro atoms. The van der Waals surface area contributed by atoms with Gasteiger partial charge < -0.3 is 0 Å². The molecule has 0 aromatic carbocycles. The van der Waals surface area contributed by atoms with E-state index in [1.54, 1.807) is 0 Å². The molecular formula is C12H16N2. The van der Waals surface area contributed by atoms with Crippen LogP contribution in [-0.4, -0.2) is 9.61 Å². The van der Waals surface area contributed by atoms with Gasteiger partial charge in [-0.2, -0.15) is 5.10 Å². The molecule has 2 heterocycles. The summed E-state index contributed by atoms with van der Waals surface area (Å²) < 4.78 is 2.01. The molecule has 2 heteroatoms. The Kier molecular flexibility index (Phi) is 2.28. The molecule has 0 radical (unpaired) electrons. The highest BCUT2D eigenvalue weighted by Gasteiger charge is 2.09. The maximum Gasteiger partial charge on any atom is 0.0728 e. The fourth-order valence-electron chi connectivity index (χ4n) is 2.06. The van der Waals surface area contributed by atoms with Gasteiger partial charge in [0.25, 0.3) is 0 Å². The van der Waals surface area contributed by atoms with Gasteiger partial charge in [-0.25, -0.2) is 4.52 Å². The number of hydrogen-bond donors (Lipinski definition) is 0. The van der Waals surface area contributed by atoms with Crippen molar-refractivity contribution in [3.05, 3.63) is 35.2 Å². The van der Waals surface area contributed by atoms with Crippen molar-refractivity contribution < 1.29 is 0 Å². The topological polar surface area (TPSA) is 17.3 Å². The van der Waals surface area contributed by atoms with Crippen molar-refractivity contribution >= 4 is 5.52 Å². The van der Waals surface area contributed by atoms with E-state index in [-0.39, 0.29) is 0 Å². The summed E-state index contributed by atoms with van der Waals surface area (Å²) in [6.07, 6.45) is 4.16. The highest BCUT2D eigenvalue weighted by molar-refractivity contribution is 5.62. The summed E-state index contributed by atoms with van der Waals surface area (Å²) in [6.45, 7) is 6.47. The van der Waals surface area contributed by atoms with Crippen molar-refractivity contribution in [3.8, 4) is 0 Å². The Morgan fingerprint density at radius 1 is 1.29 bits per heavy atom. The molecule has 0 unspecified atom stereocenters. The van der Waals surface area contributed by atoms with E-state index < -0.39 is 0 Å². The Bertz CT molecular complexity index is 455. The van der Waals surface area contributed by atoms with E-state index in [4.69, 9.17) is 0 Å². The smallest absolute Gasteiger partial charge is 0.0728 e. The van der Waals surface area contributed by atoms with Crippen LogP contribution in [-0.2, 0) is 12.8 Å². The van der Waals surface area contributed by atoms with Crippen LogP contribution in [0.3, 0.4) is 0 Å². The zero-order valence-corrected chi connectivity index (χ0v) is 9.04. The first-order valence-corrected chi connectivity index (χ1v) is 5.23. The van der Waals surface area contributed by atoms with Crippen LogP contribution in [0.1, 0.15) is 30.7 Å². The fourth-order valence-corrected chi connectivity index (χ4v) is 2.06. The first kappa shape index (κ1) is 9.25. The molecule has 0 saturated carbocycles. The largest absolute Gasteiger partial charge is 0.240 e. The zero-order chi connectivity index (χ0) is 10.1. The van der Waals surface area contributed by atoms with E-state index in [1.165, 1.54) is 16.6 Å². The average molecular weight is 188 g/mol. The summed E-state index contributed by atoms with van der Waals surface area (Å²) in [5.74, 6) is 0. The molecule has 0 bridgehead atoms. The number of hydrogen-bond acceptors (Lipinski definition) is 1. The highest BCUT2D eigenvalue weighted by atomic mass is 15.2. The molecule has 2 aromatic heterocycles. The Morgan fingerprint density at radius 3 is 2.71 bits per heavy atom. The number of aryl methyl sites for hydroxylation is 3. The number of nitrogens with zero attached hydrogens (tertiary/aromatic N) is 2. The quantitative estimate of drug-likeness (QED) is 0.708. The third-order valence-corrected chi connectivity index (χ3v) is 2.77. The molecule has 0 aliphatic rings. The molecule has 2 nitrogen and oxygen atoms in total. The lowest BCUT2D eigenvalue weighted by molar-refractivity contribution is 0.923. The number of rotatable bonds is 2. The number of pyridine rings is 1. The number of aromatic nitrogens is 2. The Hall–Kier alpha value is -1.31. The van der Waals surface area contributed by atoms with Crippen LogP contribution in [0.25, 0.3) is 5.52 Å². The minimum atomic E-state index is 1.06. The highest BCUT2D eigenvalue weighted by Crippen LogP contribution is 2.20. The summed E-state index contributed by atoms with van der Waals surface area (Å²) in [7, 11) is 0. The molecule has 14 heavy (non-hydrogen) atoms. The summed E-state index contributed by atoms with van der Waals surface area (Å²) in [5, 5.41) is 4.51. The summed E-state index contributed by atoms with van der Waals surface area (Å²) >= 11 is 0. The molecule has 0 amide bonds. The van der Waals surface area contributed by atoms with E-state index in [9.17, 15) is 0 Å². The van der Waals surface area contributed by atoms with Crippen LogP contribution >= 0.6 is 0 Å². The van der Waals surface area contributed by atoms with Crippen molar-refractivity contribution in [2.24, 2.45) is 0 Å². The molecule has 0 atom stereocenters. The second-order valence-electron chi connectivity index (χ2n) is 3.60. The van der Waals surface area contributed by atoms with Crippen LogP contribution in [0.5, 0.6) is 0 Å². The summed E-state index contributed by atoms with van der Waals surface area (Å²) in [5.41, 5.74) is 5.26. The lowest BCUT2D eigenvalue weighted by atomic mass is 10.1. The minimum Gasteiger partial charge on any atom is -0.240 e. The van der Waals surface area contributed by atoms with Gasteiger partial charge in [-0.15, -0.1) is 0 Å². The van der Waals surface area contributed by atoms with Crippen molar-refractivity contribution in [2.75, 3.05) is 0 Å². The average Bonchev–Trinajstić information content (AvgIpc) is 2.52. The van der Waals surface area contributed by atoms with Crippen LogP contribution in [0.2, 0.25) is 0 Å². The Morgan fingerprint density at radius 2 is 2.07 bits per heavy atom. The SMILES string of the molecule is CCc1cccn2nc(C)c(CC)c12. The van der Waals surface area contributed by atoms with Gasteiger partial charge in [-0.1, -0.05) is 19.9 Å². The van der Waals surface area contributed by atoms with Gasteiger partial charge in [0.15, 0.2) is 0 Å². The van der Waals surface area contributed by atoms with E-state index in [1.807, 2.05) is 10.7 Å². The third-order valence-electron chi connectivity index (χ3n) is 2.77. The molecule has 0 aliphatic carbocycles. The fraction of sp³-hybridized carbons (Fsp3) is 0.417. The van der Waals surface area contributed by atoms with Gasteiger partial charge in [0.1, 0.15) is 0 Å². The van der Waals surface area contributed by atoms with Gasteiger partial charge in [0.2, 0.25) is 0 Å². The zero-order valence-electron chi connectivity index (χ0n) is 9.04. The van der Waals surface area contributed by atoms with Crippen LogP contribution < -0.4 is 0 Å². The maximum atomic E-state index is 4.51. The first-order chi connectivity index (χ1) is 6.77. The van der Waals surface area contributed by atoms with Crippen LogP contribution in [0.15, 0.2) is 18.3 Å². The van der Waals surface area contributed by atoms with E-state index in [0.717, 1.165) is 18.5 Å². The predicted molar refractivity (Wildman–Crippen MR) is 58.7 cm³/mol. The first-order valence-electron chi connectivity index (χ1n) is 5.23. The lowest BCUT2D eigenvalue weighted by Gasteiger charge is -2.02. The lowest BCUT2D eigenvalue weighted by Crippen LogP contribution is -1.92. The minimum absolute atomic E-state index is 1.06. The Labute approximate surface area is 84.6 Å². The second-order valence-corrected chi connectivity index (χ2v) is 3.60. The van der Waals surface area contributed by atoms with Crippen molar-refractivity contribution in [1.29, 1.82) is 0 Å². The summed E-state index contributed by atoms with van der Waals surface area (Å²) in [6, 6.07) is 4.26. The molecular weight excluding hydrogens is 172 g/mol. The van der Waals surface area contributed by atoms with Gasteiger partial charge in [0, 0.05) is 11.8 Å². The molecule has 0 N–H and O–H groups in total. The normalized spacial score (nSPS) is 11.1. The predicted octanol–water partition coefficient (Wildman–Crippen LogP) is 2.77. The molecule has 74 valence electrons. The standard InChI is InChI=1S/C12H16N2/c1-4-10-7-6-8-14-12(10)11(5-2)9(3)13-14/h6-8H,4-5H2,1-3H3. The molecule has 0 aliphatic heterocycles. The summed E-state index contributed by atoms with van der Waals surface area (Å²) in [4.78, 5) is 0. The van der Waals surface area contributed by atoms with Crippen molar-refractivity contribution in [3.63, 3.8) is 0 Å². The van der Waals surface area contributed by atoms with E-state index in [2.05, 4.69) is 38.0 Å². The Balaban J connectivity index is 2.82. The maximum absolute atomic E-state index is 4.51. The van der Waals surface area contributed by atoms with Gasteiger partial charge >= 0.3 is 0 Å². The number of fused-ring (bicyclic) bond motifs is 1. The molecule has 0 fully saturated rings. The van der Waals surface area contributed by atoms with E-state index in [0.29, 0.717) is 0 Å².